The molecule has 0 amide bonds. The maximum absolute atomic E-state index is 12.3. The molecular formula is C19H21N3O3S. The summed E-state index contributed by atoms with van der Waals surface area (Å²) in [5, 5.41) is 7.41. The molecule has 0 bridgehead atoms. The van der Waals surface area contributed by atoms with Crippen LogP contribution in [0.3, 0.4) is 0 Å². The first-order chi connectivity index (χ1) is 12.5. The first-order valence-electron chi connectivity index (χ1n) is 8.07. The van der Waals surface area contributed by atoms with Crippen LogP contribution in [0.15, 0.2) is 47.6 Å². The molecule has 0 aromatic heterocycles. The van der Waals surface area contributed by atoms with Gasteiger partial charge in [0.25, 0.3) is 0 Å². The number of carbonyl (C=O) groups is 1. The predicted octanol–water partition coefficient (Wildman–Crippen LogP) is 3.04. The van der Waals surface area contributed by atoms with Crippen molar-refractivity contribution < 1.29 is 14.3 Å². The Labute approximate surface area is 158 Å². The largest absolute Gasteiger partial charge is 0.493 e. The van der Waals surface area contributed by atoms with Crippen molar-refractivity contribution in [2.75, 3.05) is 13.7 Å². The zero-order chi connectivity index (χ0) is 18.9. The van der Waals surface area contributed by atoms with Gasteiger partial charge in [0.05, 0.1) is 18.9 Å². The predicted molar refractivity (Wildman–Crippen MR) is 106 cm³/mol. The number of esters is 1. The van der Waals surface area contributed by atoms with Gasteiger partial charge in [-0.15, -0.1) is 0 Å². The average molecular weight is 371 g/mol. The summed E-state index contributed by atoms with van der Waals surface area (Å²) in [6.07, 6.45) is 1.59. The third kappa shape index (κ3) is 5.56. The van der Waals surface area contributed by atoms with E-state index in [9.17, 15) is 4.79 Å². The topological polar surface area (TPSA) is 72.0 Å². The maximum atomic E-state index is 12.3. The molecule has 7 heteroatoms. The Morgan fingerprint density at radius 2 is 1.92 bits per heavy atom. The van der Waals surface area contributed by atoms with Gasteiger partial charge >= 0.3 is 5.97 Å². The summed E-state index contributed by atoms with van der Waals surface area (Å²) >= 11 is 5.02. The highest BCUT2D eigenvalue weighted by Crippen LogP contribution is 2.28. The van der Waals surface area contributed by atoms with E-state index < -0.39 is 5.97 Å². The number of hydrazone groups is 1. The molecule has 6 nitrogen and oxygen atoms in total. The Morgan fingerprint density at radius 1 is 1.19 bits per heavy atom. The van der Waals surface area contributed by atoms with Gasteiger partial charge in [0.2, 0.25) is 0 Å². The highest BCUT2D eigenvalue weighted by molar-refractivity contribution is 7.80. The molecule has 0 saturated carbocycles. The normalized spacial score (nSPS) is 10.4. The standard InChI is InChI=1S/C19H21N3O3S/c1-4-20-19(26)22-21-12-14-7-10-16(17(11-14)24-3)25-18(23)15-8-5-13(2)6-9-15/h5-12H,4H2,1-3H3,(H2,20,22,26). The zero-order valence-electron chi connectivity index (χ0n) is 14.9. The number of rotatable bonds is 6. The Kier molecular flexibility index (Phi) is 7.11. The molecule has 2 aromatic carbocycles. The quantitative estimate of drug-likeness (QED) is 0.267. The Balaban J connectivity index is 2.08. The van der Waals surface area contributed by atoms with Gasteiger partial charge < -0.3 is 14.8 Å². The third-order valence-electron chi connectivity index (χ3n) is 3.39. The van der Waals surface area contributed by atoms with Crippen molar-refractivity contribution in [3.8, 4) is 11.5 Å². The minimum Gasteiger partial charge on any atom is -0.493 e. The van der Waals surface area contributed by atoms with E-state index in [1.165, 1.54) is 7.11 Å². The number of hydrogen-bond donors (Lipinski definition) is 2. The monoisotopic (exact) mass is 371 g/mol. The summed E-state index contributed by atoms with van der Waals surface area (Å²) in [6.45, 7) is 4.62. The molecule has 2 aromatic rings. The van der Waals surface area contributed by atoms with E-state index in [1.54, 1.807) is 36.5 Å². The molecule has 0 spiro atoms. The number of hydrogen-bond acceptors (Lipinski definition) is 5. The van der Waals surface area contributed by atoms with E-state index in [1.807, 2.05) is 26.0 Å². The molecule has 0 fully saturated rings. The van der Waals surface area contributed by atoms with Gasteiger partial charge in [-0.3, -0.25) is 5.43 Å². The zero-order valence-corrected chi connectivity index (χ0v) is 15.7. The van der Waals surface area contributed by atoms with Crippen molar-refractivity contribution in [3.05, 3.63) is 59.2 Å². The van der Waals surface area contributed by atoms with Crippen LogP contribution in [0.1, 0.15) is 28.4 Å². The van der Waals surface area contributed by atoms with Crippen LogP contribution in [0.2, 0.25) is 0 Å². The molecule has 0 heterocycles. The summed E-state index contributed by atoms with van der Waals surface area (Å²) in [6, 6.07) is 12.3. The maximum Gasteiger partial charge on any atom is 0.343 e. The number of thiocarbonyl (C=S) groups is 1. The van der Waals surface area contributed by atoms with E-state index in [-0.39, 0.29) is 0 Å². The molecule has 0 saturated heterocycles. The van der Waals surface area contributed by atoms with Crippen LogP contribution < -0.4 is 20.2 Å². The Bertz CT molecular complexity index is 804. The highest BCUT2D eigenvalue weighted by atomic mass is 32.1. The van der Waals surface area contributed by atoms with Crippen molar-refractivity contribution >= 4 is 29.5 Å². The van der Waals surface area contributed by atoms with Crippen LogP contribution in [0.25, 0.3) is 0 Å². The Hall–Kier alpha value is -2.93. The van der Waals surface area contributed by atoms with Crippen LogP contribution in [0.4, 0.5) is 0 Å². The second-order valence-corrected chi connectivity index (χ2v) is 5.80. The van der Waals surface area contributed by atoms with E-state index >= 15 is 0 Å². The number of nitrogens with one attached hydrogen (secondary N) is 2. The van der Waals surface area contributed by atoms with Crippen LogP contribution >= 0.6 is 12.2 Å². The van der Waals surface area contributed by atoms with Crippen LogP contribution in [0.5, 0.6) is 11.5 Å². The minimum atomic E-state index is -0.442. The summed E-state index contributed by atoms with van der Waals surface area (Å²) in [4.78, 5) is 12.3. The lowest BCUT2D eigenvalue weighted by Gasteiger charge is -2.10. The SMILES string of the molecule is CCNC(=S)NN=Cc1ccc(OC(=O)c2ccc(C)cc2)c(OC)c1. The molecule has 0 radical (unpaired) electrons. The molecule has 0 aliphatic carbocycles. The van der Waals surface area contributed by atoms with Gasteiger partial charge in [-0.05, 0) is 62.0 Å². The molecule has 136 valence electrons. The van der Waals surface area contributed by atoms with E-state index in [0.29, 0.717) is 22.2 Å². The molecule has 2 rings (SSSR count). The second-order valence-electron chi connectivity index (χ2n) is 5.40. The summed E-state index contributed by atoms with van der Waals surface area (Å²) in [5.74, 6) is 0.331. The molecule has 0 aliphatic heterocycles. The van der Waals surface area contributed by atoms with Gasteiger partial charge in [0.15, 0.2) is 16.6 Å². The molecular weight excluding hydrogens is 350 g/mol. The van der Waals surface area contributed by atoms with Crippen molar-refractivity contribution in [2.24, 2.45) is 5.10 Å². The lowest BCUT2D eigenvalue weighted by Crippen LogP contribution is -2.31. The summed E-state index contributed by atoms with van der Waals surface area (Å²) in [7, 11) is 1.51. The van der Waals surface area contributed by atoms with Crippen molar-refractivity contribution in [2.45, 2.75) is 13.8 Å². The van der Waals surface area contributed by atoms with Gasteiger partial charge in [-0.2, -0.15) is 5.10 Å². The lowest BCUT2D eigenvalue weighted by atomic mass is 10.1. The van der Waals surface area contributed by atoms with E-state index in [0.717, 1.165) is 17.7 Å². The minimum absolute atomic E-state index is 0.339. The third-order valence-corrected chi connectivity index (χ3v) is 3.63. The summed E-state index contributed by atoms with van der Waals surface area (Å²) < 4.78 is 10.7. The van der Waals surface area contributed by atoms with E-state index in [4.69, 9.17) is 21.7 Å². The first kappa shape index (κ1) is 19.4. The summed E-state index contributed by atoms with van der Waals surface area (Å²) in [5.41, 5.74) is 5.02. The van der Waals surface area contributed by atoms with Crippen molar-refractivity contribution in [1.29, 1.82) is 0 Å². The van der Waals surface area contributed by atoms with E-state index in [2.05, 4.69) is 15.8 Å². The second kappa shape index (κ2) is 9.53. The fraction of sp³-hybridized carbons (Fsp3) is 0.211. The number of benzene rings is 2. The highest BCUT2D eigenvalue weighted by Gasteiger charge is 2.12. The Morgan fingerprint density at radius 3 is 2.58 bits per heavy atom. The molecule has 2 N–H and O–H groups in total. The number of aryl methyl sites for hydroxylation is 1. The van der Waals surface area contributed by atoms with Gasteiger partial charge in [0.1, 0.15) is 0 Å². The van der Waals surface area contributed by atoms with Crippen molar-refractivity contribution in [3.63, 3.8) is 0 Å². The number of ether oxygens (including phenoxy) is 2. The fourth-order valence-electron chi connectivity index (χ4n) is 2.06. The van der Waals surface area contributed by atoms with Gasteiger partial charge in [-0.25, -0.2) is 4.79 Å². The number of nitrogens with zero attached hydrogens (tertiary/aromatic N) is 1. The van der Waals surface area contributed by atoms with Crippen LogP contribution in [0, 0.1) is 6.92 Å². The smallest absolute Gasteiger partial charge is 0.343 e. The molecule has 26 heavy (non-hydrogen) atoms. The average Bonchev–Trinajstić information content (AvgIpc) is 2.63. The molecule has 0 atom stereocenters. The first-order valence-corrected chi connectivity index (χ1v) is 8.48. The molecule has 0 aliphatic rings. The van der Waals surface area contributed by atoms with Crippen molar-refractivity contribution in [1.82, 2.24) is 10.7 Å². The number of carbonyl (C=O) groups excluding carboxylic acids is 1. The van der Waals surface area contributed by atoms with Crippen LogP contribution in [-0.4, -0.2) is 31.0 Å². The van der Waals surface area contributed by atoms with Crippen LogP contribution in [-0.2, 0) is 0 Å². The van der Waals surface area contributed by atoms with Gasteiger partial charge in [0, 0.05) is 6.54 Å². The number of methoxy groups -OCH3 is 1. The van der Waals surface area contributed by atoms with Gasteiger partial charge in [-0.1, -0.05) is 17.7 Å². The lowest BCUT2D eigenvalue weighted by molar-refractivity contribution is 0.0729. The fourth-order valence-corrected chi connectivity index (χ4v) is 2.26. The molecule has 0 unspecified atom stereocenters.